The molecule has 3 aromatic rings. The topological polar surface area (TPSA) is 88.9 Å². The number of carbonyl (C=O) groups is 2. The molecule has 3 rings (SSSR count). The SMILES string of the molecule is Cc1ccccc1NC(=O)Cc1nnc(SCC(=O)Nc2cccc(C)c2C)n1C. The molecule has 2 amide bonds. The summed E-state index contributed by atoms with van der Waals surface area (Å²) in [6, 6.07) is 13.4. The van der Waals surface area contributed by atoms with Crippen LogP contribution in [0.2, 0.25) is 0 Å². The van der Waals surface area contributed by atoms with Gasteiger partial charge in [0.25, 0.3) is 0 Å². The highest BCUT2D eigenvalue weighted by molar-refractivity contribution is 7.99. The van der Waals surface area contributed by atoms with E-state index in [0.717, 1.165) is 28.1 Å². The highest BCUT2D eigenvalue weighted by Crippen LogP contribution is 2.20. The van der Waals surface area contributed by atoms with E-state index in [-0.39, 0.29) is 24.0 Å². The molecule has 0 radical (unpaired) electrons. The molecule has 0 spiro atoms. The van der Waals surface area contributed by atoms with Crippen LogP contribution < -0.4 is 10.6 Å². The number of anilines is 2. The van der Waals surface area contributed by atoms with E-state index in [4.69, 9.17) is 0 Å². The number of aryl methyl sites for hydroxylation is 2. The first-order valence-corrected chi connectivity index (χ1v) is 10.6. The van der Waals surface area contributed by atoms with E-state index in [9.17, 15) is 9.59 Å². The summed E-state index contributed by atoms with van der Waals surface area (Å²) in [4.78, 5) is 24.7. The number of nitrogens with zero attached hydrogens (tertiary/aromatic N) is 3. The number of aromatic nitrogens is 3. The molecule has 0 saturated carbocycles. The van der Waals surface area contributed by atoms with E-state index in [2.05, 4.69) is 20.8 Å². The van der Waals surface area contributed by atoms with E-state index in [1.54, 1.807) is 11.6 Å². The Morgan fingerprint density at radius 3 is 2.33 bits per heavy atom. The Kier molecular flexibility index (Phi) is 6.89. The Bertz CT molecular complexity index is 1080. The van der Waals surface area contributed by atoms with Crippen molar-refractivity contribution in [2.45, 2.75) is 32.3 Å². The fraction of sp³-hybridized carbons (Fsp3) is 0.273. The van der Waals surface area contributed by atoms with Gasteiger partial charge in [-0.05, 0) is 49.6 Å². The van der Waals surface area contributed by atoms with Gasteiger partial charge in [0.2, 0.25) is 11.8 Å². The van der Waals surface area contributed by atoms with E-state index >= 15 is 0 Å². The van der Waals surface area contributed by atoms with Crippen molar-refractivity contribution in [3.05, 3.63) is 65.0 Å². The van der Waals surface area contributed by atoms with Crippen LogP contribution in [0.4, 0.5) is 11.4 Å². The van der Waals surface area contributed by atoms with Gasteiger partial charge in [0.1, 0.15) is 5.82 Å². The summed E-state index contributed by atoms with van der Waals surface area (Å²) >= 11 is 1.28. The van der Waals surface area contributed by atoms with E-state index in [1.807, 2.05) is 63.2 Å². The number of carbonyl (C=O) groups excluding carboxylic acids is 2. The maximum atomic E-state index is 12.4. The van der Waals surface area contributed by atoms with Crippen molar-refractivity contribution in [2.24, 2.45) is 7.05 Å². The molecule has 0 bridgehead atoms. The van der Waals surface area contributed by atoms with Crippen molar-refractivity contribution < 1.29 is 9.59 Å². The lowest BCUT2D eigenvalue weighted by Crippen LogP contribution is -2.18. The summed E-state index contributed by atoms with van der Waals surface area (Å²) in [6.45, 7) is 5.93. The second-order valence-corrected chi connectivity index (χ2v) is 8.02. The second kappa shape index (κ2) is 9.58. The van der Waals surface area contributed by atoms with E-state index in [1.165, 1.54) is 11.8 Å². The predicted molar refractivity (Wildman–Crippen MR) is 120 cm³/mol. The van der Waals surface area contributed by atoms with Gasteiger partial charge in [0, 0.05) is 18.4 Å². The number of benzene rings is 2. The van der Waals surface area contributed by atoms with E-state index in [0.29, 0.717) is 11.0 Å². The Morgan fingerprint density at radius 1 is 0.900 bits per heavy atom. The largest absolute Gasteiger partial charge is 0.325 e. The lowest BCUT2D eigenvalue weighted by atomic mass is 10.1. The smallest absolute Gasteiger partial charge is 0.234 e. The molecule has 0 aliphatic rings. The number of thioether (sulfide) groups is 1. The first-order valence-electron chi connectivity index (χ1n) is 9.57. The van der Waals surface area contributed by atoms with Crippen LogP contribution >= 0.6 is 11.8 Å². The molecule has 2 N–H and O–H groups in total. The van der Waals surface area contributed by atoms with Crippen molar-refractivity contribution in [2.75, 3.05) is 16.4 Å². The second-order valence-electron chi connectivity index (χ2n) is 7.08. The molecular weight excluding hydrogens is 398 g/mol. The summed E-state index contributed by atoms with van der Waals surface area (Å²) in [6.07, 6.45) is 0.104. The zero-order valence-corrected chi connectivity index (χ0v) is 18.3. The molecule has 1 heterocycles. The van der Waals surface area contributed by atoms with Gasteiger partial charge in [0.15, 0.2) is 5.16 Å². The molecule has 0 atom stereocenters. The summed E-state index contributed by atoms with van der Waals surface area (Å²) in [7, 11) is 1.79. The van der Waals surface area contributed by atoms with Crippen molar-refractivity contribution >= 4 is 35.0 Å². The minimum Gasteiger partial charge on any atom is -0.325 e. The fourth-order valence-electron chi connectivity index (χ4n) is 2.88. The lowest BCUT2D eigenvalue weighted by molar-refractivity contribution is -0.116. The van der Waals surface area contributed by atoms with Crippen molar-refractivity contribution in [3.8, 4) is 0 Å². The van der Waals surface area contributed by atoms with Gasteiger partial charge >= 0.3 is 0 Å². The zero-order chi connectivity index (χ0) is 21.7. The number of rotatable bonds is 7. The molecule has 7 nitrogen and oxygen atoms in total. The molecule has 0 unspecified atom stereocenters. The molecule has 8 heteroatoms. The first kappa shape index (κ1) is 21.6. The Labute approximate surface area is 180 Å². The van der Waals surface area contributed by atoms with Crippen LogP contribution in [0.5, 0.6) is 0 Å². The number of hydrogen-bond donors (Lipinski definition) is 2. The molecule has 156 valence electrons. The minimum atomic E-state index is -0.163. The Hall–Kier alpha value is -3.13. The zero-order valence-electron chi connectivity index (χ0n) is 17.5. The number of nitrogens with one attached hydrogen (secondary N) is 2. The predicted octanol–water partition coefficient (Wildman–Crippen LogP) is 3.65. The summed E-state index contributed by atoms with van der Waals surface area (Å²) < 4.78 is 1.74. The standard InChI is InChI=1S/C22H25N5O2S/c1-14-9-7-11-18(16(14)3)24-21(29)13-30-22-26-25-19(27(22)4)12-20(28)23-17-10-6-5-8-15(17)2/h5-11H,12-13H2,1-4H3,(H,23,28)(H,24,29). The molecule has 0 saturated heterocycles. The monoisotopic (exact) mass is 423 g/mol. The van der Waals surface area contributed by atoms with Crippen LogP contribution in [0.3, 0.4) is 0 Å². The fourth-order valence-corrected chi connectivity index (χ4v) is 3.61. The highest BCUT2D eigenvalue weighted by atomic mass is 32.2. The molecule has 0 aliphatic carbocycles. The molecular formula is C22H25N5O2S. The number of amides is 2. The molecule has 1 aromatic heterocycles. The quantitative estimate of drug-likeness (QED) is 0.566. The molecule has 30 heavy (non-hydrogen) atoms. The third-order valence-corrected chi connectivity index (χ3v) is 5.89. The summed E-state index contributed by atoms with van der Waals surface area (Å²) in [5, 5.41) is 14.6. The third-order valence-electron chi connectivity index (χ3n) is 4.87. The van der Waals surface area contributed by atoms with Gasteiger partial charge < -0.3 is 15.2 Å². The number of hydrogen-bond acceptors (Lipinski definition) is 5. The van der Waals surface area contributed by atoms with E-state index < -0.39 is 0 Å². The highest BCUT2D eigenvalue weighted by Gasteiger charge is 2.15. The maximum absolute atomic E-state index is 12.4. The third kappa shape index (κ3) is 5.27. The van der Waals surface area contributed by atoms with Crippen LogP contribution in [-0.4, -0.2) is 32.3 Å². The van der Waals surface area contributed by atoms with Gasteiger partial charge in [-0.1, -0.05) is 42.1 Å². The van der Waals surface area contributed by atoms with Gasteiger partial charge in [0.05, 0.1) is 12.2 Å². The van der Waals surface area contributed by atoms with Crippen molar-refractivity contribution in [1.29, 1.82) is 0 Å². The lowest BCUT2D eigenvalue weighted by Gasteiger charge is -2.10. The molecule has 0 aliphatic heterocycles. The molecule has 0 fully saturated rings. The van der Waals surface area contributed by atoms with Crippen LogP contribution in [0, 0.1) is 20.8 Å². The van der Waals surface area contributed by atoms with Crippen molar-refractivity contribution in [3.63, 3.8) is 0 Å². The average Bonchev–Trinajstić information content (AvgIpc) is 3.05. The average molecular weight is 424 g/mol. The maximum Gasteiger partial charge on any atom is 0.234 e. The normalized spacial score (nSPS) is 10.7. The van der Waals surface area contributed by atoms with Crippen LogP contribution in [-0.2, 0) is 23.1 Å². The van der Waals surface area contributed by atoms with Gasteiger partial charge in [-0.3, -0.25) is 9.59 Å². The van der Waals surface area contributed by atoms with Crippen LogP contribution in [0.25, 0.3) is 0 Å². The van der Waals surface area contributed by atoms with Gasteiger partial charge in [-0.15, -0.1) is 10.2 Å². The minimum absolute atomic E-state index is 0.104. The van der Waals surface area contributed by atoms with Crippen molar-refractivity contribution in [1.82, 2.24) is 14.8 Å². The Balaban J connectivity index is 1.56. The van der Waals surface area contributed by atoms with Gasteiger partial charge in [-0.25, -0.2) is 0 Å². The van der Waals surface area contributed by atoms with Crippen LogP contribution in [0.1, 0.15) is 22.5 Å². The molecule has 2 aromatic carbocycles. The number of para-hydroxylation sites is 1. The summed E-state index contributed by atoms with van der Waals surface area (Å²) in [5.74, 6) is 0.465. The van der Waals surface area contributed by atoms with Crippen LogP contribution in [0.15, 0.2) is 47.6 Å². The summed E-state index contributed by atoms with van der Waals surface area (Å²) in [5.41, 5.74) is 4.77. The first-order chi connectivity index (χ1) is 14.3. The Morgan fingerprint density at radius 2 is 1.57 bits per heavy atom. The van der Waals surface area contributed by atoms with Gasteiger partial charge in [-0.2, -0.15) is 0 Å².